The Labute approximate surface area is 222 Å². The number of anilines is 1. The topological polar surface area (TPSA) is 161 Å². The summed E-state index contributed by atoms with van der Waals surface area (Å²) in [5.74, 6) is 1.14. The number of esters is 1. The van der Waals surface area contributed by atoms with Crippen molar-refractivity contribution < 1.29 is 37.0 Å². The van der Waals surface area contributed by atoms with E-state index < -0.39 is 41.4 Å². The van der Waals surface area contributed by atoms with Crippen LogP contribution in [0.3, 0.4) is 0 Å². The van der Waals surface area contributed by atoms with Gasteiger partial charge in [0.15, 0.2) is 35.1 Å². The Balaban J connectivity index is 1.43. The number of hydrogen-bond acceptors (Lipinski definition) is 11. The molecule has 1 saturated heterocycles. The van der Waals surface area contributed by atoms with E-state index in [-0.39, 0.29) is 47.4 Å². The number of carbonyl (C=O) groups excluding carboxylic acids is 2. The van der Waals surface area contributed by atoms with E-state index in [0.717, 1.165) is 0 Å². The summed E-state index contributed by atoms with van der Waals surface area (Å²) in [6.07, 6.45) is 5.30. The Morgan fingerprint density at radius 1 is 1.36 bits per heavy atom. The summed E-state index contributed by atoms with van der Waals surface area (Å²) in [6, 6.07) is 0. The van der Waals surface area contributed by atoms with Crippen LogP contribution in [0.5, 0.6) is 0 Å². The van der Waals surface area contributed by atoms with Crippen LogP contribution in [-0.2, 0) is 25.6 Å². The first-order valence-electron chi connectivity index (χ1n) is 12.2. The molecule has 1 N–H and O–H groups in total. The van der Waals surface area contributed by atoms with Crippen molar-refractivity contribution in [2.24, 2.45) is 5.92 Å². The molecule has 0 aliphatic carbocycles. The van der Waals surface area contributed by atoms with Crippen molar-refractivity contribution in [3.8, 4) is 12.3 Å². The summed E-state index contributed by atoms with van der Waals surface area (Å²) >= 11 is 0. The lowest BCUT2D eigenvalue weighted by atomic mass is 9.87. The molecule has 1 aliphatic rings. The second kappa shape index (κ2) is 10.5. The number of imidazole rings is 1. The van der Waals surface area contributed by atoms with Crippen LogP contribution < -0.4 is 11.1 Å². The number of aromatic nitrogens is 4. The van der Waals surface area contributed by atoms with Gasteiger partial charge in [0.2, 0.25) is 0 Å². The highest BCUT2D eigenvalue weighted by molar-refractivity contribution is 5.93. The Hall–Kier alpha value is -4.25. The largest absolute Gasteiger partial charge is 0.519 e. The number of amides is 1. The maximum absolute atomic E-state index is 14.4. The molecule has 0 saturated carbocycles. The lowest BCUT2D eigenvalue weighted by molar-refractivity contribution is -0.149. The standard InChI is InChI=1S/C25H28FN5O8/c1-7-25(8-2)13(3)9-16(38-25)31-12-27-18-19(28-21(26)30-20(18)31)29-22(33)39-24(5,6)10-17(32)35-11-15-14(4)36-23(34)37-15/h1,12-13,16H,8-11H2,2-6H3,(H,28,29,30,33)/t13-,16+,25+/m0/s1. The van der Waals surface area contributed by atoms with Crippen molar-refractivity contribution in [1.29, 1.82) is 0 Å². The van der Waals surface area contributed by atoms with Crippen molar-refractivity contribution in [2.45, 2.75) is 77.9 Å². The minimum atomic E-state index is -1.33. The molecule has 1 aliphatic heterocycles. The van der Waals surface area contributed by atoms with Gasteiger partial charge >= 0.3 is 24.0 Å². The SMILES string of the molecule is C#C[C@]1(CC)O[C@@H](n2cnc3c(NC(=O)OC(C)(C)CC(=O)OCc4oc(=O)oc4C)nc(F)nc32)C[C@@H]1C. The van der Waals surface area contributed by atoms with E-state index in [9.17, 15) is 18.8 Å². The monoisotopic (exact) mass is 545 g/mol. The molecular formula is C25H28FN5O8. The molecular weight excluding hydrogens is 517 g/mol. The van der Waals surface area contributed by atoms with Gasteiger partial charge in [-0.15, -0.1) is 6.42 Å². The quantitative estimate of drug-likeness (QED) is 0.250. The zero-order valence-electron chi connectivity index (χ0n) is 22.1. The highest BCUT2D eigenvalue weighted by Gasteiger charge is 2.45. The molecule has 1 fully saturated rings. The number of aryl methyl sites for hydroxylation is 1. The summed E-state index contributed by atoms with van der Waals surface area (Å²) in [7, 11) is 0. The van der Waals surface area contributed by atoms with Crippen molar-refractivity contribution in [3.63, 3.8) is 0 Å². The maximum atomic E-state index is 14.4. The minimum Gasteiger partial charge on any atom is -0.457 e. The van der Waals surface area contributed by atoms with Gasteiger partial charge in [0.05, 0.1) is 12.7 Å². The number of fused-ring (bicyclic) bond motifs is 1. The molecule has 208 valence electrons. The fraction of sp³-hybridized carbons (Fsp3) is 0.520. The molecule has 0 bridgehead atoms. The fourth-order valence-electron chi connectivity index (χ4n) is 4.43. The van der Waals surface area contributed by atoms with Crippen LogP contribution in [0.1, 0.15) is 64.7 Å². The summed E-state index contributed by atoms with van der Waals surface area (Å²) in [4.78, 5) is 47.7. The predicted molar refractivity (Wildman–Crippen MR) is 132 cm³/mol. The van der Waals surface area contributed by atoms with Gasteiger partial charge in [-0.25, -0.2) is 14.6 Å². The van der Waals surface area contributed by atoms with E-state index in [2.05, 4.69) is 26.2 Å². The molecule has 14 heteroatoms. The zero-order valence-corrected chi connectivity index (χ0v) is 22.1. The van der Waals surface area contributed by atoms with E-state index in [1.54, 1.807) is 4.57 Å². The molecule has 4 heterocycles. The predicted octanol–water partition coefficient (Wildman–Crippen LogP) is 3.62. The van der Waals surface area contributed by atoms with Crippen molar-refractivity contribution in [3.05, 3.63) is 34.5 Å². The smallest absolute Gasteiger partial charge is 0.457 e. The fourth-order valence-corrected chi connectivity index (χ4v) is 4.43. The lowest BCUT2D eigenvalue weighted by Gasteiger charge is -2.25. The number of nitrogens with zero attached hydrogens (tertiary/aromatic N) is 4. The zero-order chi connectivity index (χ0) is 28.5. The van der Waals surface area contributed by atoms with Gasteiger partial charge in [-0.3, -0.25) is 14.7 Å². The van der Waals surface area contributed by atoms with Gasteiger partial charge in [0, 0.05) is 5.92 Å². The number of nitrogens with one attached hydrogen (secondary N) is 1. The van der Waals surface area contributed by atoms with Crippen LogP contribution in [0, 0.1) is 31.3 Å². The average molecular weight is 546 g/mol. The summed E-state index contributed by atoms with van der Waals surface area (Å²) in [5, 5.41) is 2.36. The second-order valence-electron chi connectivity index (χ2n) is 9.81. The van der Waals surface area contributed by atoms with Crippen molar-refractivity contribution >= 4 is 29.0 Å². The van der Waals surface area contributed by atoms with E-state index in [4.69, 9.17) is 29.5 Å². The highest BCUT2D eigenvalue weighted by Crippen LogP contribution is 2.43. The van der Waals surface area contributed by atoms with Gasteiger partial charge in [0.1, 0.15) is 17.4 Å². The van der Waals surface area contributed by atoms with E-state index >= 15 is 0 Å². The van der Waals surface area contributed by atoms with Crippen LogP contribution in [0.25, 0.3) is 11.2 Å². The number of rotatable bonds is 8. The van der Waals surface area contributed by atoms with Crippen molar-refractivity contribution in [1.82, 2.24) is 19.5 Å². The van der Waals surface area contributed by atoms with Crippen LogP contribution in [0.4, 0.5) is 15.0 Å². The molecule has 3 aromatic heterocycles. The third kappa shape index (κ3) is 5.78. The Morgan fingerprint density at radius 3 is 2.72 bits per heavy atom. The van der Waals surface area contributed by atoms with Gasteiger partial charge in [-0.05, 0) is 33.6 Å². The van der Waals surface area contributed by atoms with Crippen LogP contribution >= 0.6 is 0 Å². The third-order valence-electron chi connectivity index (χ3n) is 6.53. The molecule has 3 atom stereocenters. The molecule has 0 radical (unpaired) electrons. The van der Waals surface area contributed by atoms with E-state index in [1.807, 2.05) is 13.8 Å². The molecule has 0 unspecified atom stereocenters. The molecule has 13 nitrogen and oxygen atoms in total. The summed E-state index contributed by atoms with van der Waals surface area (Å²) in [6.45, 7) is 8.02. The number of carbonyl (C=O) groups is 2. The summed E-state index contributed by atoms with van der Waals surface area (Å²) in [5.41, 5.74) is -1.89. The maximum Gasteiger partial charge on any atom is 0.519 e. The van der Waals surface area contributed by atoms with Crippen LogP contribution in [-0.4, -0.2) is 42.8 Å². The normalized spacial score (nSPS) is 21.1. The minimum absolute atomic E-state index is 0.0328. The lowest BCUT2D eigenvalue weighted by Crippen LogP contribution is -2.33. The van der Waals surface area contributed by atoms with Crippen molar-refractivity contribution in [2.75, 3.05) is 5.32 Å². The molecule has 3 aromatic rings. The Morgan fingerprint density at radius 2 is 2.10 bits per heavy atom. The second-order valence-corrected chi connectivity index (χ2v) is 9.81. The van der Waals surface area contributed by atoms with E-state index in [0.29, 0.717) is 12.8 Å². The number of terminal acetylenes is 1. The number of halogens is 1. The first-order valence-corrected chi connectivity index (χ1v) is 12.2. The number of ether oxygens (including phenoxy) is 3. The Bertz CT molecular complexity index is 1500. The molecule has 39 heavy (non-hydrogen) atoms. The van der Waals surface area contributed by atoms with Gasteiger partial charge in [-0.2, -0.15) is 14.4 Å². The molecule has 0 aromatic carbocycles. The van der Waals surface area contributed by atoms with Gasteiger partial charge < -0.3 is 23.0 Å². The van der Waals surface area contributed by atoms with Gasteiger partial charge in [-0.1, -0.05) is 19.8 Å². The average Bonchev–Trinajstić information content (AvgIpc) is 3.51. The molecule has 4 rings (SSSR count). The first kappa shape index (κ1) is 27.8. The molecule has 1 amide bonds. The summed E-state index contributed by atoms with van der Waals surface area (Å²) < 4.78 is 42.0. The first-order chi connectivity index (χ1) is 18.4. The van der Waals surface area contributed by atoms with E-state index in [1.165, 1.54) is 27.1 Å². The number of hydrogen-bond donors (Lipinski definition) is 1. The molecule has 0 spiro atoms. The Kier molecular flexibility index (Phi) is 7.47. The van der Waals surface area contributed by atoms with Gasteiger partial charge in [0.25, 0.3) is 0 Å². The highest BCUT2D eigenvalue weighted by atomic mass is 19.1. The third-order valence-corrected chi connectivity index (χ3v) is 6.53. The van der Waals surface area contributed by atoms with Crippen LogP contribution in [0.15, 0.2) is 20.0 Å². The van der Waals surface area contributed by atoms with Crippen LogP contribution in [0.2, 0.25) is 0 Å².